The van der Waals surface area contributed by atoms with Gasteiger partial charge in [-0.05, 0) is 33.1 Å². The number of carboxylic acids is 1. The van der Waals surface area contributed by atoms with Gasteiger partial charge in [-0.1, -0.05) is 0 Å². The number of sulfone groups is 1. The summed E-state index contributed by atoms with van der Waals surface area (Å²) in [6.45, 7) is 4.96. The molecule has 6 nitrogen and oxygen atoms in total. The van der Waals surface area contributed by atoms with Crippen LogP contribution in [-0.4, -0.2) is 66.6 Å². The van der Waals surface area contributed by atoms with Gasteiger partial charge in [0.15, 0.2) is 9.84 Å². The van der Waals surface area contributed by atoms with E-state index < -0.39 is 21.3 Å². The molecule has 1 aliphatic carbocycles. The number of aliphatic carboxylic acids is 1. The molecule has 0 amide bonds. The minimum absolute atomic E-state index is 0.117. The molecular weight excluding hydrogens is 280 g/mol. The van der Waals surface area contributed by atoms with Crippen LogP contribution < -0.4 is 5.32 Å². The smallest absolute Gasteiger partial charge is 0.323 e. The minimum atomic E-state index is -2.88. The van der Waals surface area contributed by atoms with Gasteiger partial charge >= 0.3 is 5.97 Å². The van der Waals surface area contributed by atoms with E-state index in [9.17, 15) is 18.3 Å². The monoisotopic (exact) mass is 304 g/mol. The summed E-state index contributed by atoms with van der Waals surface area (Å²) >= 11 is 0. The molecule has 1 heterocycles. The topological polar surface area (TPSA) is 86.7 Å². The van der Waals surface area contributed by atoms with E-state index in [1.807, 2.05) is 13.8 Å². The molecule has 0 aromatic carbocycles. The highest BCUT2D eigenvalue weighted by molar-refractivity contribution is 7.91. The molecule has 2 N–H and O–H groups in total. The van der Waals surface area contributed by atoms with E-state index in [0.29, 0.717) is 25.9 Å². The summed E-state index contributed by atoms with van der Waals surface area (Å²) in [5.41, 5.74) is -0.852. The molecule has 1 aliphatic heterocycles. The summed E-state index contributed by atoms with van der Waals surface area (Å²) in [6.07, 6.45) is 1.97. The molecule has 1 saturated heterocycles. The van der Waals surface area contributed by atoms with Crippen LogP contribution in [0.1, 0.15) is 33.1 Å². The second kappa shape index (κ2) is 5.61. The lowest BCUT2D eigenvalue weighted by molar-refractivity contribution is -0.145. The molecule has 0 spiro atoms. The second-order valence-electron chi connectivity index (χ2n) is 6.27. The first-order chi connectivity index (χ1) is 9.24. The van der Waals surface area contributed by atoms with E-state index in [4.69, 9.17) is 0 Å². The fourth-order valence-corrected chi connectivity index (χ4v) is 4.59. The summed E-state index contributed by atoms with van der Waals surface area (Å²) < 4.78 is 22.9. The molecule has 0 aromatic rings. The van der Waals surface area contributed by atoms with Crippen molar-refractivity contribution in [3.63, 3.8) is 0 Å². The molecule has 1 saturated carbocycles. The van der Waals surface area contributed by atoms with Crippen LogP contribution in [0.3, 0.4) is 0 Å². The number of rotatable bonds is 4. The van der Waals surface area contributed by atoms with Crippen molar-refractivity contribution in [2.75, 3.05) is 24.6 Å². The number of hydrogen-bond donors (Lipinski definition) is 2. The zero-order chi connectivity index (χ0) is 15.0. The van der Waals surface area contributed by atoms with Gasteiger partial charge in [0, 0.05) is 25.2 Å². The molecule has 0 bridgehead atoms. The third-order valence-corrected chi connectivity index (χ3v) is 5.97. The number of nitrogens with zero attached hydrogens (tertiary/aromatic N) is 1. The van der Waals surface area contributed by atoms with Crippen LogP contribution in [-0.2, 0) is 14.6 Å². The molecule has 2 rings (SSSR count). The predicted molar refractivity (Wildman–Crippen MR) is 76.5 cm³/mol. The van der Waals surface area contributed by atoms with E-state index in [1.54, 1.807) is 0 Å². The van der Waals surface area contributed by atoms with E-state index in [0.717, 1.165) is 6.42 Å². The van der Waals surface area contributed by atoms with Crippen molar-refractivity contribution >= 4 is 15.8 Å². The summed E-state index contributed by atoms with van der Waals surface area (Å²) in [7, 11) is -2.88. The van der Waals surface area contributed by atoms with Crippen LogP contribution in [0.25, 0.3) is 0 Å². The zero-order valence-electron chi connectivity index (χ0n) is 12.1. The van der Waals surface area contributed by atoms with Crippen LogP contribution in [0.2, 0.25) is 0 Å². The maximum absolute atomic E-state index is 11.6. The molecule has 7 heteroatoms. The zero-order valence-corrected chi connectivity index (χ0v) is 12.9. The van der Waals surface area contributed by atoms with Gasteiger partial charge in [0.25, 0.3) is 0 Å². The fraction of sp³-hybridized carbons (Fsp3) is 0.923. The van der Waals surface area contributed by atoms with Crippen LogP contribution in [0, 0.1) is 0 Å². The summed E-state index contributed by atoms with van der Waals surface area (Å²) in [6, 6.07) is 0.291. The summed E-state index contributed by atoms with van der Waals surface area (Å²) in [5, 5.41) is 12.7. The van der Waals surface area contributed by atoms with Crippen LogP contribution in [0.5, 0.6) is 0 Å². The van der Waals surface area contributed by atoms with Crippen molar-refractivity contribution < 1.29 is 18.3 Å². The van der Waals surface area contributed by atoms with E-state index in [2.05, 4.69) is 10.2 Å². The maximum Gasteiger partial charge on any atom is 0.323 e. The van der Waals surface area contributed by atoms with Gasteiger partial charge in [0.1, 0.15) is 5.54 Å². The molecule has 2 aliphatic rings. The lowest BCUT2D eigenvalue weighted by atomic mass is 9.96. The first-order valence-electron chi connectivity index (χ1n) is 7.20. The minimum Gasteiger partial charge on any atom is -0.480 e. The van der Waals surface area contributed by atoms with Crippen LogP contribution in [0.15, 0.2) is 0 Å². The Hall–Kier alpha value is -0.660. The molecule has 20 heavy (non-hydrogen) atoms. The maximum atomic E-state index is 11.6. The lowest BCUT2D eigenvalue weighted by Gasteiger charge is -2.34. The third-order valence-electron chi connectivity index (χ3n) is 4.36. The lowest BCUT2D eigenvalue weighted by Crippen LogP contribution is -2.54. The first kappa shape index (κ1) is 15.7. The number of carboxylic acid groups (broad SMARTS) is 1. The standard InChI is InChI=1S/C13H24N2O4S/c1-10(2)14-13(12(16)17)4-3-11(9-13)15-5-7-20(18,19)8-6-15/h10-11,14H,3-9H2,1-2H3,(H,16,17). The van der Waals surface area contributed by atoms with Gasteiger partial charge < -0.3 is 5.11 Å². The number of nitrogens with one attached hydrogen (secondary N) is 1. The third kappa shape index (κ3) is 3.32. The Morgan fingerprint density at radius 1 is 1.35 bits per heavy atom. The average Bonchev–Trinajstić information content (AvgIpc) is 2.73. The van der Waals surface area contributed by atoms with Crippen LogP contribution >= 0.6 is 0 Å². The number of hydrogen-bond acceptors (Lipinski definition) is 5. The van der Waals surface area contributed by atoms with Crippen molar-refractivity contribution in [2.45, 2.75) is 50.7 Å². The average molecular weight is 304 g/mol. The highest BCUT2D eigenvalue weighted by Crippen LogP contribution is 2.34. The van der Waals surface area contributed by atoms with Crippen molar-refractivity contribution in [1.29, 1.82) is 0 Å². The van der Waals surface area contributed by atoms with Crippen molar-refractivity contribution in [1.82, 2.24) is 10.2 Å². The van der Waals surface area contributed by atoms with Crippen LogP contribution in [0.4, 0.5) is 0 Å². The number of carbonyl (C=O) groups is 1. The summed E-state index contributed by atoms with van der Waals surface area (Å²) in [5.74, 6) is -0.402. The highest BCUT2D eigenvalue weighted by Gasteiger charge is 2.47. The molecule has 2 fully saturated rings. The Bertz CT molecular complexity index is 463. The molecule has 116 valence electrons. The van der Waals surface area contributed by atoms with E-state index in [-0.39, 0.29) is 23.6 Å². The fourth-order valence-electron chi connectivity index (χ4n) is 3.36. The van der Waals surface area contributed by atoms with Crippen molar-refractivity contribution in [3.05, 3.63) is 0 Å². The SMILES string of the molecule is CC(C)NC1(C(=O)O)CCC(N2CCS(=O)(=O)CC2)C1. The largest absolute Gasteiger partial charge is 0.480 e. The van der Waals surface area contributed by atoms with Gasteiger partial charge in [0.05, 0.1) is 11.5 Å². The Kier molecular flexibility index (Phi) is 4.41. The molecule has 2 atom stereocenters. The van der Waals surface area contributed by atoms with E-state index in [1.165, 1.54) is 0 Å². The van der Waals surface area contributed by atoms with Gasteiger partial charge in [-0.3, -0.25) is 15.0 Å². The normalized spacial score (nSPS) is 34.5. The molecule has 0 radical (unpaired) electrons. The van der Waals surface area contributed by atoms with Gasteiger partial charge in [-0.15, -0.1) is 0 Å². The second-order valence-corrected chi connectivity index (χ2v) is 8.57. The van der Waals surface area contributed by atoms with Gasteiger partial charge in [-0.25, -0.2) is 8.42 Å². The quantitative estimate of drug-likeness (QED) is 0.765. The molecule has 2 unspecified atom stereocenters. The van der Waals surface area contributed by atoms with Crippen molar-refractivity contribution in [3.8, 4) is 0 Å². The summed E-state index contributed by atoms with van der Waals surface area (Å²) in [4.78, 5) is 13.8. The van der Waals surface area contributed by atoms with E-state index >= 15 is 0 Å². The first-order valence-corrected chi connectivity index (χ1v) is 9.02. The molecule has 0 aromatic heterocycles. The Morgan fingerprint density at radius 3 is 2.45 bits per heavy atom. The van der Waals surface area contributed by atoms with Gasteiger partial charge in [-0.2, -0.15) is 0 Å². The van der Waals surface area contributed by atoms with Gasteiger partial charge in [0.2, 0.25) is 0 Å². The molecular formula is C13H24N2O4S. The predicted octanol–water partition coefficient (Wildman–Crippen LogP) is 0.0907. The Balaban J connectivity index is 2.02. The Morgan fingerprint density at radius 2 is 1.95 bits per heavy atom. The Labute approximate surface area is 120 Å². The highest BCUT2D eigenvalue weighted by atomic mass is 32.2. The van der Waals surface area contributed by atoms with Crippen molar-refractivity contribution in [2.24, 2.45) is 0 Å².